The van der Waals surface area contributed by atoms with Gasteiger partial charge in [0.25, 0.3) is 5.91 Å². The van der Waals surface area contributed by atoms with Crippen LogP contribution in [0, 0.1) is 0 Å². The van der Waals surface area contributed by atoms with E-state index in [1.54, 1.807) is 0 Å². The first-order valence-corrected chi connectivity index (χ1v) is 4.46. The molecule has 0 aromatic carbocycles. The van der Waals surface area contributed by atoms with Crippen LogP contribution < -0.4 is 5.73 Å². The number of rotatable bonds is 7. The predicted octanol–water partition coefficient (Wildman–Crippen LogP) is -0.829. The van der Waals surface area contributed by atoms with Gasteiger partial charge < -0.3 is 21.1 Å². The SMILES string of the molecule is C=CCC(O)(C(N)=O)C(O)(CC=C)C(=O)O. The van der Waals surface area contributed by atoms with E-state index in [0.717, 1.165) is 12.2 Å². The van der Waals surface area contributed by atoms with E-state index in [2.05, 4.69) is 13.2 Å². The summed E-state index contributed by atoms with van der Waals surface area (Å²) < 4.78 is 0. The Bertz CT molecular complexity index is 295. The average molecular weight is 229 g/mol. The number of carbonyl (C=O) groups excluding carboxylic acids is 1. The third-order valence-corrected chi connectivity index (χ3v) is 2.33. The van der Waals surface area contributed by atoms with Crippen molar-refractivity contribution in [1.82, 2.24) is 0 Å². The van der Waals surface area contributed by atoms with Crippen molar-refractivity contribution in [2.75, 3.05) is 0 Å². The van der Waals surface area contributed by atoms with Crippen molar-refractivity contribution in [2.24, 2.45) is 5.73 Å². The Kier molecular flexibility index (Phi) is 4.40. The Morgan fingerprint density at radius 1 is 1.12 bits per heavy atom. The van der Waals surface area contributed by atoms with Crippen LogP contribution in [0.1, 0.15) is 12.8 Å². The van der Waals surface area contributed by atoms with Crippen molar-refractivity contribution in [3.63, 3.8) is 0 Å². The quantitative estimate of drug-likeness (QED) is 0.424. The number of aliphatic carboxylic acids is 1. The van der Waals surface area contributed by atoms with Gasteiger partial charge in [0.15, 0.2) is 5.60 Å². The van der Waals surface area contributed by atoms with Crippen molar-refractivity contribution in [3.8, 4) is 0 Å². The first kappa shape index (κ1) is 14.3. The van der Waals surface area contributed by atoms with Gasteiger partial charge in [0.1, 0.15) is 0 Å². The molecule has 0 bridgehead atoms. The van der Waals surface area contributed by atoms with Crippen molar-refractivity contribution in [2.45, 2.75) is 24.0 Å². The lowest BCUT2D eigenvalue weighted by molar-refractivity contribution is -0.194. The number of carbonyl (C=O) groups is 2. The lowest BCUT2D eigenvalue weighted by Gasteiger charge is -2.36. The molecule has 16 heavy (non-hydrogen) atoms. The Morgan fingerprint density at radius 3 is 1.75 bits per heavy atom. The molecule has 0 aliphatic heterocycles. The second-order valence-corrected chi connectivity index (χ2v) is 3.38. The van der Waals surface area contributed by atoms with Crippen LogP contribution in [0.4, 0.5) is 0 Å². The highest BCUT2D eigenvalue weighted by Crippen LogP contribution is 2.30. The van der Waals surface area contributed by atoms with Crippen LogP contribution in [-0.4, -0.2) is 38.4 Å². The highest BCUT2D eigenvalue weighted by Gasteiger charge is 2.57. The van der Waals surface area contributed by atoms with Crippen molar-refractivity contribution < 1.29 is 24.9 Å². The fraction of sp³-hybridized carbons (Fsp3) is 0.400. The third-order valence-electron chi connectivity index (χ3n) is 2.33. The fourth-order valence-corrected chi connectivity index (χ4v) is 1.32. The van der Waals surface area contributed by atoms with Gasteiger partial charge in [0, 0.05) is 12.8 Å². The zero-order valence-corrected chi connectivity index (χ0v) is 8.72. The van der Waals surface area contributed by atoms with Crippen LogP contribution >= 0.6 is 0 Å². The Hall–Kier alpha value is -1.66. The molecule has 0 saturated heterocycles. The normalized spacial score (nSPS) is 17.9. The summed E-state index contributed by atoms with van der Waals surface area (Å²) in [6.07, 6.45) is 1.18. The maximum atomic E-state index is 11.1. The van der Waals surface area contributed by atoms with E-state index >= 15 is 0 Å². The van der Waals surface area contributed by atoms with Gasteiger partial charge in [-0.2, -0.15) is 0 Å². The average Bonchev–Trinajstić information content (AvgIpc) is 2.17. The van der Waals surface area contributed by atoms with Gasteiger partial charge in [-0.25, -0.2) is 4.79 Å². The summed E-state index contributed by atoms with van der Waals surface area (Å²) in [7, 11) is 0. The number of aliphatic hydroxyl groups is 2. The summed E-state index contributed by atoms with van der Waals surface area (Å²) in [6.45, 7) is 6.51. The summed E-state index contributed by atoms with van der Waals surface area (Å²) in [6, 6.07) is 0. The monoisotopic (exact) mass is 229 g/mol. The highest BCUT2D eigenvalue weighted by molar-refractivity contribution is 5.93. The number of hydrogen-bond donors (Lipinski definition) is 4. The van der Waals surface area contributed by atoms with Gasteiger partial charge in [-0.3, -0.25) is 4.79 Å². The number of nitrogens with two attached hydrogens (primary N) is 1. The van der Waals surface area contributed by atoms with Gasteiger partial charge in [-0.15, -0.1) is 13.2 Å². The summed E-state index contributed by atoms with van der Waals surface area (Å²) >= 11 is 0. The van der Waals surface area contributed by atoms with Gasteiger partial charge in [0.2, 0.25) is 5.60 Å². The molecule has 0 saturated carbocycles. The first-order chi connectivity index (χ1) is 7.26. The second kappa shape index (κ2) is 4.91. The van der Waals surface area contributed by atoms with E-state index in [1.165, 1.54) is 0 Å². The molecule has 0 spiro atoms. The summed E-state index contributed by atoms with van der Waals surface area (Å²) in [5.74, 6) is -3.09. The molecule has 2 atom stereocenters. The predicted molar refractivity (Wildman–Crippen MR) is 56.4 cm³/mol. The molecular weight excluding hydrogens is 214 g/mol. The second-order valence-electron chi connectivity index (χ2n) is 3.38. The standard InChI is InChI=1S/C10H15NO5/c1-3-5-9(15,7(11)12)10(16,6-4-2)8(13)14/h3-4,15-16H,1-2,5-6H2,(H2,11,12)(H,13,14). The molecule has 6 heteroatoms. The molecule has 6 nitrogen and oxygen atoms in total. The Balaban J connectivity index is 5.59. The van der Waals surface area contributed by atoms with Crippen molar-refractivity contribution >= 4 is 11.9 Å². The van der Waals surface area contributed by atoms with E-state index < -0.39 is 35.9 Å². The first-order valence-electron chi connectivity index (χ1n) is 4.46. The zero-order chi connectivity index (χ0) is 13.0. The molecule has 2 unspecified atom stereocenters. The number of carboxylic acids is 1. The summed E-state index contributed by atoms with van der Waals surface area (Å²) in [5, 5.41) is 28.6. The van der Waals surface area contributed by atoms with E-state index in [1.807, 2.05) is 0 Å². The van der Waals surface area contributed by atoms with Crippen LogP contribution in [0.15, 0.2) is 25.3 Å². The molecule has 5 N–H and O–H groups in total. The number of hydrogen-bond acceptors (Lipinski definition) is 4. The maximum absolute atomic E-state index is 11.1. The molecule has 0 fully saturated rings. The van der Waals surface area contributed by atoms with Gasteiger partial charge in [-0.1, -0.05) is 12.2 Å². The van der Waals surface area contributed by atoms with Crippen LogP contribution in [0.25, 0.3) is 0 Å². The van der Waals surface area contributed by atoms with Crippen molar-refractivity contribution in [3.05, 3.63) is 25.3 Å². The Labute approximate surface area is 92.7 Å². The molecule has 0 radical (unpaired) electrons. The maximum Gasteiger partial charge on any atom is 0.339 e. The van der Waals surface area contributed by atoms with E-state index in [0.29, 0.717) is 0 Å². The third kappa shape index (κ3) is 2.12. The van der Waals surface area contributed by atoms with Gasteiger partial charge in [-0.05, 0) is 0 Å². The number of primary amides is 1. The lowest BCUT2D eigenvalue weighted by Crippen LogP contribution is -2.65. The fourth-order valence-electron chi connectivity index (χ4n) is 1.32. The molecule has 0 aromatic rings. The van der Waals surface area contributed by atoms with Crippen LogP contribution in [0.3, 0.4) is 0 Å². The van der Waals surface area contributed by atoms with E-state index in [4.69, 9.17) is 10.8 Å². The molecule has 0 aliphatic rings. The Morgan fingerprint density at radius 2 is 1.50 bits per heavy atom. The molecule has 0 heterocycles. The minimum Gasteiger partial charge on any atom is -0.479 e. The van der Waals surface area contributed by atoms with E-state index in [9.17, 15) is 19.8 Å². The van der Waals surface area contributed by atoms with Gasteiger partial charge >= 0.3 is 5.97 Å². The molecule has 0 aromatic heterocycles. The smallest absolute Gasteiger partial charge is 0.339 e. The highest BCUT2D eigenvalue weighted by atomic mass is 16.4. The topological polar surface area (TPSA) is 121 Å². The summed E-state index contributed by atoms with van der Waals surface area (Å²) in [5.41, 5.74) is -0.413. The van der Waals surface area contributed by atoms with Crippen LogP contribution in [0.5, 0.6) is 0 Å². The van der Waals surface area contributed by atoms with Crippen molar-refractivity contribution in [1.29, 1.82) is 0 Å². The minimum absolute atomic E-state index is 0.473. The number of amides is 1. The molecular formula is C10H15NO5. The molecule has 90 valence electrons. The van der Waals surface area contributed by atoms with Crippen LogP contribution in [0.2, 0.25) is 0 Å². The largest absolute Gasteiger partial charge is 0.479 e. The molecule has 1 amide bonds. The van der Waals surface area contributed by atoms with Gasteiger partial charge in [0.05, 0.1) is 0 Å². The van der Waals surface area contributed by atoms with Crippen LogP contribution in [-0.2, 0) is 9.59 Å². The molecule has 0 aliphatic carbocycles. The lowest BCUT2D eigenvalue weighted by atomic mass is 9.77. The molecule has 0 rings (SSSR count). The zero-order valence-electron chi connectivity index (χ0n) is 8.72. The number of carboxylic acid groups (broad SMARTS) is 1. The van der Waals surface area contributed by atoms with E-state index in [-0.39, 0.29) is 0 Å². The minimum atomic E-state index is -2.71. The summed E-state index contributed by atoms with van der Waals surface area (Å²) in [4.78, 5) is 22.0.